The lowest BCUT2D eigenvalue weighted by Gasteiger charge is -2.31. The number of aryl methyl sites for hydroxylation is 2. The lowest BCUT2D eigenvalue weighted by molar-refractivity contribution is -0.0537. The van der Waals surface area contributed by atoms with Gasteiger partial charge in [0.05, 0.1) is 19.8 Å². The van der Waals surface area contributed by atoms with E-state index in [2.05, 4.69) is 9.97 Å². The summed E-state index contributed by atoms with van der Waals surface area (Å²) in [6.45, 7) is 5.84. The van der Waals surface area contributed by atoms with Crippen molar-refractivity contribution in [2.75, 3.05) is 37.8 Å². The summed E-state index contributed by atoms with van der Waals surface area (Å²) in [6.07, 6.45) is 1.73. The van der Waals surface area contributed by atoms with Gasteiger partial charge in [0.2, 0.25) is 0 Å². The van der Waals surface area contributed by atoms with Crippen molar-refractivity contribution in [1.29, 1.82) is 0 Å². The third-order valence-electron chi connectivity index (χ3n) is 4.04. The van der Waals surface area contributed by atoms with Gasteiger partial charge in [-0.25, -0.2) is 9.97 Å². The first kappa shape index (κ1) is 16.7. The van der Waals surface area contributed by atoms with Crippen LogP contribution < -0.4 is 9.64 Å². The van der Waals surface area contributed by atoms with Gasteiger partial charge in [-0.2, -0.15) is 0 Å². The highest BCUT2D eigenvalue weighted by atomic mass is 16.5. The van der Waals surface area contributed by atoms with Crippen molar-refractivity contribution in [2.45, 2.75) is 19.4 Å². The number of anilines is 1. The van der Waals surface area contributed by atoms with Crippen LogP contribution in [0.5, 0.6) is 5.75 Å². The number of aliphatic hydroxyl groups is 1. The number of β-amino-alcohol motifs (C(OH)–C–C–N with tert-alkyl or cyclic N) is 1. The Labute approximate surface area is 142 Å². The van der Waals surface area contributed by atoms with Crippen LogP contribution in [0.4, 0.5) is 5.82 Å². The van der Waals surface area contributed by atoms with Crippen LogP contribution >= 0.6 is 0 Å². The maximum Gasteiger partial charge on any atom is 0.139 e. The van der Waals surface area contributed by atoms with Gasteiger partial charge in [-0.05, 0) is 31.5 Å². The molecule has 24 heavy (non-hydrogen) atoms. The molecule has 2 aromatic rings. The molecule has 0 saturated carbocycles. The van der Waals surface area contributed by atoms with Gasteiger partial charge in [-0.15, -0.1) is 0 Å². The highest BCUT2D eigenvalue weighted by molar-refractivity contribution is 5.38. The van der Waals surface area contributed by atoms with E-state index in [-0.39, 0.29) is 13.2 Å². The van der Waals surface area contributed by atoms with Crippen LogP contribution in [-0.2, 0) is 4.74 Å². The summed E-state index contributed by atoms with van der Waals surface area (Å²) in [5.74, 6) is 2.28. The maximum atomic E-state index is 11.0. The Morgan fingerprint density at radius 1 is 1.29 bits per heavy atom. The monoisotopic (exact) mass is 329 g/mol. The van der Waals surface area contributed by atoms with Crippen molar-refractivity contribution in [3.63, 3.8) is 0 Å². The Morgan fingerprint density at radius 2 is 2.12 bits per heavy atom. The molecule has 128 valence electrons. The predicted molar refractivity (Wildman–Crippen MR) is 91.4 cm³/mol. The van der Waals surface area contributed by atoms with Crippen LogP contribution in [-0.4, -0.2) is 53.6 Å². The van der Waals surface area contributed by atoms with Crippen LogP contribution in [0, 0.1) is 13.8 Å². The second-order valence-electron chi connectivity index (χ2n) is 6.21. The number of ether oxygens (including phenoxy) is 2. The lowest BCUT2D eigenvalue weighted by atomic mass is 10.1. The molecular formula is C18H23N3O3. The van der Waals surface area contributed by atoms with Gasteiger partial charge < -0.3 is 19.5 Å². The maximum absolute atomic E-state index is 11.0. The summed E-state index contributed by atoms with van der Waals surface area (Å²) < 4.78 is 11.4. The molecule has 0 amide bonds. The van der Waals surface area contributed by atoms with Gasteiger partial charge in [-0.3, -0.25) is 0 Å². The molecule has 1 fully saturated rings. The van der Waals surface area contributed by atoms with E-state index in [0.717, 1.165) is 17.1 Å². The second-order valence-corrected chi connectivity index (χ2v) is 6.21. The van der Waals surface area contributed by atoms with Gasteiger partial charge in [0.25, 0.3) is 0 Å². The van der Waals surface area contributed by atoms with Crippen molar-refractivity contribution in [3.05, 3.63) is 47.9 Å². The Morgan fingerprint density at radius 3 is 2.92 bits per heavy atom. The van der Waals surface area contributed by atoms with Gasteiger partial charge in [0.15, 0.2) is 0 Å². The van der Waals surface area contributed by atoms with E-state index in [0.29, 0.717) is 25.5 Å². The Bertz CT molecular complexity index is 695. The molecule has 6 nitrogen and oxygen atoms in total. The highest BCUT2D eigenvalue weighted by Crippen LogP contribution is 2.22. The van der Waals surface area contributed by atoms with E-state index in [1.807, 2.05) is 49.1 Å². The number of benzene rings is 1. The van der Waals surface area contributed by atoms with E-state index in [1.54, 1.807) is 6.20 Å². The summed E-state index contributed by atoms with van der Waals surface area (Å²) in [6, 6.07) is 9.62. The molecule has 0 spiro atoms. The Hall–Kier alpha value is -2.18. The van der Waals surface area contributed by atoms with Crippen molar-refractivity contribution in [1.82, 2.24) is 9.97 Å². The van der Waals surface area contributed by atoms with Crippen molar-refractivity contribution in [3.8, 4) is 5.75 Å². The summed E-state index contributed by atoms with van der Waals surface area (Å²) in [5, 5.41) is 11.0. The zero-order valence-electron chi connectivity index (χ0n) is 14.1. The van der Waals surface area contributed by atoms with E-state index in [9.17, 15) is 5.11 Å². The molecule has 1 aromatic heterocycles. The average molecular weight is 329 g/mol. The Balaban J connectivity index is 1.72. The van der Waals surface area contributed by atoms with Crippen molar-refractivity contribution < 1.29 is 14.6 Å². The van der Waals surface area contributed by atoms with Gasteiger partial charge in [-0.1, -0.05) is 18.2 Å². The standard InChI is InChI=1S/C18H23N3O3/c1-14-5-3-4-6-16(14)24-13-18(22)11-21(9-10-23-12-18)17-7-8-19-15(2)20-17/h3-8,22H,9-13H2,1-2H3/t18-/m1/s1. The van der Waals surface area contributed by atoms with Crippen LogP contribution in [0.1, 0.15) is 11.4 Å². The number of aromatic nitrogens is 2. The third kappa shape index (κ3) is 4.01. The normalized spacial score (nSPS) is 21.4. The van der Waals surface area contributed by atoms with E-state index < -0.39 is 5.60 Å². The fraction of sp³-hybridized carbons (Fsp3) is 0.444. The first-order chi connectivity index (χ1) is 11.6. The number of hydrogen-bond donors (Lipinski definition) is 1. The molecule has 1 N–H and O–H groups in total. The van der Waals surface area contributed by atoms with Gasteiger partial charge >= 0.3 is 0 Å². The van der Waals surface area contributed by atoms with E-state index in [1.165, 1.54) is 0 Å². The predicted octanol–water partition coefficient (Wildman–Crippen LogP) is 1.74. The second kappa shape index (κ2) is 7.15. The molecule has 6 heteroatoms. The molecule has 1 saturated heterocycles. The molecular weight excluding hydrogens is 306 g/mol. The largest absolute Gasteiger partial charge is 0.490 e. The fourth-order valence-corrected chi connectivity index (χ4v) is 2.75. The summed E-state index contributed by atoms with van der Waals surface area (Å²) in [7, 11) is 0. The first-order valence-corrected chi connectivity index (χ1v) is 8.09. The molecule has 0 bridgehead atoms. The summed E-state index contributed by atoms with van der Waals surface area (Å²) >= 11 is 0. The van der Waals surface area contributed by atoms with Gasteiger partial charge in [0.1, 0.15) is 29.6 Å². The number of nitrogens with zero attached hydrogens (tertiary/aromatic N) is 3. The SMILES string of the molecule is Cc1nccc(N2CCOC[C@@](O)(COc3ccccc3C)C2)n1. The minimum absolute atomic E-state index is 0.165. The number of hydrogen-bond acceptors (Lipinski definition) is 6. The summed E-state index contributed by atoms with van der Waals surface area (Å²) in [4.78, 5) is 10.6. The number of para-hydroxylation sites is 1. The van der Waals surface area contributed by atoms with Crippen LogP contribution in [0.25, 0.3) is 0 Å². The Kier molecular flexibility index (Phi) is 4.97. The smallest absolute Gasteiger partial charge is 0.139 e. The lowest BCUT2D eigenvalue weighted by Crippen LogP contribution is -2.49. The molecule has 1 aliphatic rings. The van der Waals surface area contributed by atoms with Crippen LogP contribution in [0.3, 0.4) is 0 Å². The van der Waals surface area contributed by atoms with Crippen LogP contribution in [0.2, 0.25) is 0 Å². The minimum Gasteiger partial charge on any atom is -0.490 e. The third-order valence-corrected chi connectivity index (χ3v) is 4.04. The quantitative estimate of drug-likeness (QED) is 0.921. The molecule has 1 aliphatic heterocycles. The zero-order chi connectivity index (χ0) is 17.0. The van der Waals surface area contributed by atoms with E-state index in [4.69, 9.17) is 9.47 Å². The van der Waals surface area contributed by atoms with Gasteiger partial charge in [0, 0.05) is 12.7 Å². The van der Waals surface area contributed by atoms with Crippen LogP contribution in [0.15, 0.2) is 36.5 Å². The molecule has 0 radical (unpaired) electrons. The highest BCUT2D eigenvalue weighted by Gasteiger charge is 2.34. The average Bonchev–Trinajstić information content (AvgIpc) is 2.77. The molecule has 0 unspecified atom stereocenters. The molecule has 1 atom stereocenters. The van der Waals surface area contributed by atoms with Crippen molar-refractivity contribution >= 4 is 5.82 Å². The molecule has 2 heterocycles. The number of rotatable bonds is 4. The summed E-state index contributed by atoms with van der Waals surface area (Å²) in [5.41, 5.74) is -0.0589. The van der Waals surface area contributed by atoms with Crippen molar-refractivity contribution in [2.24, 2.45) is 0 Å². The molecule has 0 aliphatic carbocycles. The van der Waals surface area contributed by atoms with E-state index >= 15 is 0 Å². The minimum atomic E-state index is -1.10. The fourth-order valence-electron chi connectivity index (χ4n) is 2.75. The zero-order valence-corrected chi connectivity index (χ0v) is 14.1. The molecule has 3 rings (SSSR count). The first-order valence-electron chi connectivity index (χ1n) is 8.09. The molecule has 1 aromatic carbocycles. The topological polar surface area (TPSA) is 67.7 Å².